The highest BCUT2D eigenvalue weighted by Gasteiger charge is 2.45. The molecule has 1 saturated heterocycles. The summed E-state index contributed by atoms with van der Waals surface area (Å²) < 4.78 is 5.19. The molecule has 2 heterocycles. The number of hydrogen-bond acceptors (Lipinski definition) is 6. The number of methoxy groups -OCH3 is 1. The number of ether oxygens (including phenoxy) is 1. The first kappa shape index (κ1) is 21.9. The van der Waals surface area contributed by atoms with Crippen molar-refractivity contribution in [3.05, 3.63) is 76.7 Å². The Hall–Kier alpha value is -3.30. The van der Waals surface area contributed by atoms with Crippen LogP contribution in [0.2, 0.25) is 0 Å². The fourth-order valence-corrected chi connectivity index (χ4v) is 4.79. The third kappa shape index (κ3) is 4.95. The van der Waals surface area contributed by atoms with E-state index < -0.39 is 12.1 Å². The molecule has 2 aromatic carbocycles. The second-order valence-electron chi connectivity index (χ2n) is 7.45. The number of fused-ring (bicyclic) bond motifs is 1. The molecule has 32 heavy (non-hydrogen) atoms. The second kappa shape index (κ2) is 9.88. The first-order chi connectivity index (χ1) is 15.5. The Morgan fingerprint density at radius 3 is 2.56 bits per heavy atom. The van der Waals surface area contributed by atoms with Gasteiger partial charge in [-0.15, -0.1) is 11.8 Å². The average molecular weight is 453 g/mol. The number of benzene rings is 2. The van der Waals surface area contributed by atoms with Crippen molar-refractivity contribution < 1.29 is 19.1 Å². The third-order valence-electron chi connectivity index (χ3n) is 5.30. The van der Waals surface area contributed by atoms with E-state index in [0.29, 0.717) is 24.4 Å². The summed E-state index contributed by atoms with van der Waals surface area (Å²) >= 11 is 1.34. The number of carbonyl (C=O) groups excluding carboxylic acids is 3. The summed E-state index contributed by atoms with van der Waals surface area (Å²) in [4.78, 5) is 38.0. The van der Waals surface area contributed by atoms with Crippen LogP contribution < -0.4 is 26.0 Å². The standard InChI is InChI=1S/C23H24N4O4S/c1-31-16-9-5-8-15(10-16)12-25-22(30)19-26-21(29)18-17(13-32-23(18)27-19)20(28)24-11-14-6-3-2-4-7-14/h2-10,13,18-19,23,27H,11-12H2,1H3,(H,24,28)(H,25,30)(H,26,29). The fourth-order valence-electron chi connectivity index (χ4n) is 3.60. The molecule has 4 rings (SSSR count). The van der Waals surface area contributed by atoms with E-state index in [4.69, 9.17) is 4.74 Å². The van der Waals surface area contributed by atoms with Gasteiger partial charge in [0.25, 0.3) is 5.91 Å². The minimum absolute atomic E-state index is 0.285. The van der Waals surface area contributed by atoms with Crippen LogP contribution in [0.5, 0.6) is 5.75 Å². The number of rotatable bonds is 7. The van der Waals surface area contributed by atoms with Gasteiger partial charge < -0.3 is 20.7 Å². The molecule has 3 atom stereocenters. The smallest absolute Gasteiger partial charge is 0.257 e. The van der Waals surface area contributed by atoms with Crippen LogP contribution in [0.1, 0.15) is 11.1 Å². The summed E-state index contributed by atoms with van der Waals surface area (Å²) in [6.07, 6.45) is -0.873. The molecule has 1 fully saturated rings. The van der Waals surface area contributed by atoms with Crippen LogP contribution in [0.15, 0.2) is 65.6 Å². The monoisotopic (exact) mass is 452 g/mol. The zero-order valence-electron chi connectivity index (χ0n) is 17.5. The second-order valence-corrected chi connectivity index (χ2v) is 8.47. The van der Waals surface area contributed by atoms with E-state index in [1.807, 2.05) is 54.6 Å². The maximum atomic E-state index is 12.8. The van der Waals surface area contributed by atoms with Crippen molar-refractivity contribution in [3.63, 3.8) is 0 Å². The van der Waals surface area contributed by atoms with Crippen LogP contribution in [-0.4, -0.2) is 36.4 Å². The predicted octanol–water partition coefficient (Wildman–Crippen LogP) is 1.25. The van der Waals surface area contributed by atoms with Crippen molar-refractivity contribution in [2.45, 2.75) is 24.6 Å². The highest BCUT2D eigenvalue weighted by Crippen LogP contribution is 2.36. The normalized spacial score (nSPS) is 21.7. The number of carbonyl (C=O) groups is 3. The van der Waals surface area contributed by atoms with Crippen LogP contribution >= 0.6 is 11.8 Å². The number of hydrogen-bond donors (Lipinski definition) is 4. The first-order valence-electron chi connectivity index (χ1n) is 10.2. The molecule has 4 N–H and O–H groups in total. The minimum atomic E-state index is -0.873. The number of amides is 3. The molecule has 0 bridgehead atoms. The summed E-state index contributed by atoms with van der Waals surface area (Å²) in [5.74, 6) is -0.927. The van der Waals surface area contributed by atoms with Gasteiger partial charge in [0.05, 0.1) is 18.4 Å². The molecule has 0 radical (unpaired) electrons. The highest BCUT2D eigenvalue weighted by atomic mass is 32.2. The van der Waals surface area contributed by atoms with Crippen LogP contribution in [0.4, 0.5) is 0 Å². The Kier molecular flexibility index (Phi) is 6.77. The Labute approximate surface area is 190 Å². The SMILES string of the molecule is COc1cccc(CNC(=O)C2NC(=O)C3C(C(=O)NCc4ccccc4)=CSC3N2)c1. The topological polar surface area (TPSA) is 109 Å². The van der Waals surface area contributed by atoms with Gasteiger partial charge in [-0.05, 0) is 28.7 Å². The largest absolute Gasteiger partial charge is 0.497 e. The van der Waals surface area contributed by atoms with Gasteiger partial charge in [0.15, 0.2) is 6.17 Å². The molecule has 9 heteroatoms. The summed E-state index contributed by atoms with van der Waals surface area (Å²) in [5.41, 5.74) is 2.26. The minimum Gasteiger partial charge on any atom is -0.497 e. The first-order valence-corrected chi connectivity index (χ1v) is 11.1. The van der Waals surface area contributed by atoms with Crippen molar-refractivity contribution in [1.82, 2.24) is 21.3 Å². The molecule has 2 aromatic rings. The van der Waals surface area contributed by atoms with Gasteiger partial charge >= 0.3 is 0 Å². The molecule has 0 saturated carbocycles. The highest BCUT2D eigenvalue weighted by molar-refractivity contribution is 8.03. The lowest BCUT2D eigenvalue weighted by atomic mass is 9.96. The summed E-state index contributed by atoms with van der Waals surface area (Å²) in [6, 6.07) is 16.9. The van der Waals surface area contributed by atoms with Crippen molar-refractivity contribution in [2.75, 3.05) is 7.11 Å². The lowest BCUT2D eigenvalue weighted by Crippen LogP contribution is -2.65. The maximum Gasteiger partial charge on any atom is 0.257 e. The molecule has 2 aliphatic rings. The third-order valence-corrected chi connectivity index (χ3v) is 6.39. The van der Waals surface area contributed by atoms with Gasteiger partial charge in [-0.3, -0.25) is 19.7 Å². The van der Waals surface area contributed by atoms with E-state index in [0.717, 1.165) is 11.1 Å². The number of nitrogens with one attached hydrogen (secondary N) is 4. The van der Waals surface area contributed by atoms with Crippen LogP contribution in [0.3, 0.4) is 0 Å². The van der Waals surface area contributed by atoms with Gasteiger partial charge in [0.2, 0.25) is 11.8 Å². The molecule has 3 unspecified atom stereocenters. The van der Waals surface area contributed by atoms with E-state index in [1.54, 1.807) is 12.5 Å². The van der Waals surface area contributed by atoms with Crippen molar-refractivity contribution >= 4 is 29.5 Å². The van der Waals surface area contributed by atoms with E-state index in [1.165, 1.54) is 11.8 Å². The molecular weight excluding hydrogens is 428 g/mol. The Morgan fingerprint density at radius 1 is 1.03 bits per heavy atom. The molecule has 3 amide bonds. The molecule has 0 aliphatic carbocycles. The fraction of sp³-hybridized carbons (Fsp3) is 0.261. The maximum absolute atomic E-state index is 12.8. The molecular formula is C23H24N4O4S. The van der Waals surface area contributed by atoms with E-state index >= 15 is 0 Å². The average Bonchev–Trinajstić information content (AvgIpc) is 3.26. The summed E-state index contributed by atoms with van der Waals surface area (Å²) in [7, 11) is 1.58. The van der Waals surface area contributed by atoms with Crippen molar-refractivity contribution in [2.24, 2.45) is 5.92 Å². The Bertz CT molecular complexity index is 1040. The lowest BCUT2D eigenvalue weighted by molar-refractivity contribution is -0.134. The predicted molar refractivity (Wildman–Crippen MR) is 121 cm³/mol. The molecule has 166 valence electrons. The van der Waals surface area contributed by atoms with Gasteiger partial charge in [-0.25, -0.2) is 0 Å². The van der Waals surface area contributed by atoms with Gasteiger partial charge in [-0.2, -0.15) is 0 Å². The molecule has 0 spiro atoms. The summed E-state index contributed by atoms with van der Waals surface area (Å²) in [6.45, 7) is 0.681. The van der Waals surface area contributed by atoms with Crippen LogP contribution in [0, 0.1) is 5.92 Å². The van der Waals surface area contributed by atoms with Gasteiger partial charge in [0, 0.05) is 18.7 Å². The van der Waals surface area contributed by atoms with Crippen molar-refractivity contribution in [3.8, 4) is 5.75 Å². The quantitative estimate of drug-likeness (QED) is 0.504. The summed E-state index contributed by atoms with van der Waals surface area (Å²) in [5, 5.41) is 12.8. The van der Waals surface area contributed by atoms with Crippen LogP contribution in [0.25, 0.3) is 0 Å². The van der Waals surface area contributed by atoms with Gasteiger partial charge in [0.1, 0.15) is 5.75 Å². The van der Waals surface area contributed by atoms with Gasteiger partial charge in [-0.1, -0.05) is 42.5 Å². The zero-order chi connectivity index (χ0) is 22.5. The van der Waals surface area contributed by atoms with E-state index in [-0.39, 0.29) is 23.1 Å². The molecule has 0 aromatic heterocycles. The molecule has 8 nitrogen and oxygen atoms in total. The zero-order valence-corrected chi connectivity index (χ0v) is 18.3. The van der Waals surface area contributed by atoms with E-state index in [9.17, 15) is 14.4 Å². The van der Waals surface area contributed by atoms with Crippen molar-refractivity contribution in [1.29, 1.82) is 0 Å². The lowest BCUT2D eigenvalue weighted by Gasteiger charge is -2.33. The van der Waals surface area contributed by atoms with E-state index in [2.05, 4.69) is 21.3 Å². The molecule has 2 aliphatic heterocycles. The van der Waals surface area contributed by atoms with Crippen LogP contribution in [-0.2, 0) is 27.5 Å². The number of thioether (sulfide) groups is 1. The Morgan fingerprint density at radius 2 is 1.78 bits per heavy atom. The Balaban J connectivity index is 1.31.